The van der Waals surface area contributed by atoms with E-state index in [9.17, 15) is 9.59 Å². The van der Waals surface area contributed by atoms with Gasteiger partial charge in [0.25, 0.3) is 5.91 Å². The number of ketones is 1. The lowest BCUT2D eigenvalue weighted by Gasteiger charge is -2.36. The Morgan fingerprint density at radius 1 is 1.06 bits per heavy atom. The number of piperazine rings is 1. The minimum atomic E-state index is -0.165. The van der Waals surface area contributed by atoms with Crippen LogP contribution in [0.4, 0.5) is 17.5 Å². The van der Waals surface area contributed by atoms with E-state index in [2.05, 4.69) is 24.1 Å². The lowest BCUT2D eigenvalue weighted by molar-refractivity contribution is 0.0713. The van der Waals surface area contributed by atoms with Gasteiger partial charge in [0.15, 0.2) is 11.5 Å². The van der Waals surface area contributed by atoms with Gasteiger partial charge in [0.2, 0.25) is 5.95 Å². The van der Waals surface area contributed by atoms with Crippen LogP contribution in [0.2, 0.25) is 0 Å². The Morgan fingerprint density at radius 2 is 1.80 bits per heavy atom. The molecular weight excluding hydrogens is 446 g/mol. The highest BCUT2D eigenvalue weighted by molar-refractivity contribution is 6.03. The fraction of sp³-hybridized carbons (Fsp3) is 0.385. The summed E-state index contributed by atoms with van der Waals surface area (Å²) in [6.07, 6.45) is 2.65. The minimum absolute atomic E-state index is 0.0488. The first kappa shape index (κ1) is 22.9. The number of Topliss-reactive ketones (excluding diaryl/α,β-unsaturated/α-hetero) is 1. The molecule has 0 unspecified atom stereocenters. The predicted molar refractivity (Wildman–Crippen MR) is 132 cm³/mol. The van der Waals surface area contributed by atoms with Crippen LogP contribution in [-0.4, -0.2) is 59.8 Å². The summed E-state index contributed by atoms with van der Waals surface area (Å²) in [6.45, 7) is 6.42. The smallest absolute Gasteiger partial charge is 0.289 e. The molecule has 182 valence electrons. The van der Waals surface area contributed by atoms with Crippen LogP contribution < -0.4 is 15.0 Å². The number of hydrogen-bond donors (Lipinski definition) is 1. The molecule has 0 radical (unpaired) electrons. The quantitative estimate of drug-likeness (QED) is 0.592. The summed E-state index contributed by atoms with van der Waals surface area (Å²) in [4.78, 5) is 39.2. The summed E-state index contributed by atoms with van der Waals surface area (Å²) < 4.78 is 10.5. The number of aromatic nitrogens is 2. The van der Waals surface area contributed by atoms with Crippen molar-refractivity contribution in [3.05, 3.63) is 59.7 Å². The molecule has 9 nitrogen and oxygen atoms in total. The van der Waals surface area contributed by atoms with E-state index >= 15 is 0 Å². The van der Waals surface area contributed by atoms with Crippen LogP contribution >= 0.6 is 0 Å². The van der Waals surface area contributed by atoms with E-state index in [4.69, 9.17) is 19.1 Å². The number of nitrogens with one attached hydrogen (secondary N) is 1. The zero-order valence-electron chi connectivity index (χ0n) is 20.2. The van der Waals surface area contributed by atoms with Crippen LogP contribution in [0.5, 0.6) is 5.75 Å². The zero-order valence-corrected chi connectivity index (χ0v) is 20.2. The second-order valence-corrected chi connectivity index (χ2v) is 9.74. The van der Waals surface area contributed by atoms with Gasteiger partial charge in [-0.2, -0.15) is 4.98 Å². The van der Waals surface area contributed by atoms with Crippen molar-refractivity contribution >= 4 is 29.1 Å². The number of furan rings is 1. The van der Waals surface area contributed by atoms with E-state index in [0.29, 0.717) is 62.1 Å². The molecule has 1 aliphatic carbocycles. The number of hydrogen-bond acceptors (Lipinski definition) is 8. The molecule has 0 spiro atoms. The maximum atomic E-state index is 13.1. The third kappa shape index (κ3) is 4.71. The molecule has 2 aromatic heterocycles. The Bertz CT molecular complexity index is 1230. The molecule has 1 aliphatic heterocycles. The van der Waals surface area contributed by atoms with Gasteiger partial charge >= 0.3 is 0 Å². The third-order valence-corrected chi connectivity index (χ3v) is 6.47. The summed E-state index contributed by atoms with van der Waals surface area (Å²) in [5, 5.41) is 3.34. The van der Waals surface area contributed by atoms with Crippen LogP contribution in [0.25, 0.3) is 0 Å². The monoisotopic (exact) mass is 475 g/mol. The number of amides is 1. The van der Waals surface area contributed by atoms with Crippen LogP contribution in [0.1, 0.15) is 46.9 Å². The molecule has 0 saturated carbocycles. The predicted octanol–water partition coefficient (Wildman–Crippen LogP) is 3.94. The van der Waals surface area contributed by atoms with Crippen LogP contribution in [0.15, 0.2) is 47.1 Å². The Morgan fingerprint density at radius 3 is 2.46 bits per heavy atom. The second-order valence-electron chi connectivity index (χ2n) is 9.74. The molecule has 1 saturated heterocycles. The first-order valence-electron chi connectivity index (χ1n) is 11.8. The maximum Gasteiger partial charge on any atom is 0.289 e. The number of fused-ring (bicyclic) bond motifs is 1. The second kappa shape index (κ2) is 9.05. The largest absolute Gasteiger partial charge is 0.497 e. The lowest BCUT2D eigenvalue weighted by Crippen LogP contribution is -2.49. The summed E-state index contributed by atoms with van der Waals surface area (Å²) >= 11 is 0. The van der Waals surface area contributed by atoms with Crippen molar-refractivity contribution in [2.45, 2.75) is 26.7 Å². The number of benzene rings is 1. The summed E-state index contributed by atoms with van der Waals surface area (Å²) in [7, 11) is 1.62. The van der Waals surface area contributed by atoms with Gasteiger partial charge in [0.1, 0.15) is 11.6 Å². The molecule has 2 aliphatic rings. The molecule has 1 N–H and O–H groups in total. The molecule has 3 aromatic rings. The SMILES string of the molecule is COc1ccc(Nc2nc(N3CCN(C(=O)c4ccco4)CC3)nc3c2C(=O)CC(C)(C)C3)cc1. The number of methoxy groups -OCH3 is 1. The molecule has 0 bridgehead atoms. The van der Waals surface area contributed by atoms with Gasteiger partial charge in [-0.05, 0) is 48.2 Å². The molecule has 5 rings (SSSR count). The van der Waals surface area contributed by atoms with Gasteiger partial charge < -0.3 is 24.3 Å². The van der Waals surface area contributed by atoms with E-state index in [1.54, 1.807) is 24.1 Å². The van der Waals surface area contributed by atoms with Crippen molar-refractivity contribution in [3.8, 4) is 5.75 Å². The normalized spacial score (nSPS) is 17.2. The van der Waals surface area contributed by atoms with Crippen molar-refractivity contribution in [1.29, 1.82) is 0 Å². The van der Waals surface area contributed by atoms with Gasteiger partial charge in [-0.15, -0.1) is 0 Å². The molecule has 1 amide bonds. The molecular formula is C26H29N5O4. The Kier molecular flexibility index (Phi) is 5.92. The molecule has 0 atom stereocenters. The maximum absolute atomic E-state index is 13.1. The molecule has 35 heavy (non-hydrogen) atoms. The van der Waals surface area contributed by atoms with Crippen LogP contribution in [0.3, 0.4) is 0 Å². The van der Waals surface area contributed by atoms with Gasteiger partial charge in [-0.3, -0.25) is 9.59 Å². The summed E-state index contributed by atoms with van der Waals surface area (Å²) in [5.41, 5.74) is 1.97. The topological polar surface area (TPSA) is 101 Å². The molecule has 3 heterocycles. The number of rotatable bonds is 5. The highest BCUT2D eigenvalue weighted by Gasteiger charge is 2.36. The molecule has 1 aromatic carbocycles. The van der Waals surface area contributed by atoms with Gasteiger partial charge in [0.05, 0.1) is 24.6 Å². The van der Waals surface area contributed by atoms with E-state index in [0.717, 1.165) is 17.1 Å². The average molecular weight is 476 g/mol. The summed E-state index contributed by atoms with van der Waals surface area (Å²) in [6, 6.07) is 10.9. The van der Waals surface area contributed by atoms with Gasteiger partial charge in [-0.25, -0.2) is 4.98 Å². The fourth-order valence-corrected chi connectivity index (χ4v) is 4.66. The van der Waals surface area contributed by atoms with Crippen molar-refractivity contribution in [2.24, 2.45) is 5.41 Å². The number of carbonyl (C=O) groups excluding carboxylic acids is 2. The zero-order chi connectivity index (χ0) is 24.6. The Balaban J connectivity index is 1.42. The first-order valence-corrected chi connectivity index (χ1v) is 11.8. The van der Waals surface area contributed by atoms with E-state index in [1.807, 2.05) is 24.3 Å². The van der Waals surface area contributed by atoms with Crippen molar-refractivity contribution < 1.29 is 18.7 Å². The van der Waals surface area contributed by atoms with E-state index in [1.165, 1.54) is 6.26 Å². The first-order chi connectivity index (χ1) is 16.8. The van der Waals surface area contributed by atoms with Crippen molar-refractivity contribution in [2.75, 3.05) is 43.5 Å². The Hall–Kier alpha value is -3.88. The highest BCUT2D eigenvalue weighted by Crippen LogP contribution is 2.38. The van der Waals surface area contributed by atoms with Crippen LogP contribution in [-0.2, 0) is 6.42 Å². The van der Waals surface area contributed by atoms with Crippen LogP contribution in [0, 0.1) is 5.41 Å². The van der Waals surface area contributed by atoms with Crippen molar-refractivity contribution in [3.63, 3.8) is 0 Å². The number of ether oxygens (including phenoxy) is 1. The number of anilines is 3. The minimum Gasteiger partial charge on any atom is -0.497 e. The van der Waals surface area contributed by atoms with E-state index < -0.39 is 0 Å². The van der Waals surface area contributed by atoms with Crippen molar-refractivity contribution in [1.82, 2.24) is 14.9 Å². The number of nitrogens with zero attached hydrogens (tertiary/aromatic N) is 4. The third-order valence-electron chi connectivity index (χ3n) is 6.47. The van der Waals surface area contributed by atoms with E-state index in [-0.39, 0.29) is 17.1 Å². The standard InChI is InChI=1S/C26H29N5O4/c1-26(2)15-19-22(20(32)16-26)23(27-17-6-8-18(34-3)9-7-17)29-25(28-19)31-12-10-30(11-13-31)24(33)21-5-4-14-35-21/h4-9,14H,10-13,15-16H2,1-3H3,(H,27,28,29). The molecule has 1 fully saturated rings. The number of carbonyl (C=O) groups is 2. The van der Waals surface area contributed by atoms with Gasteiger partial charge in [0, 0.05) is 38.3 Å². The summed E-state index contributed by atoms with van der Waals surface area (Å²) in [5.74, 6) is 2.11. The molecule has 9 heteroatoms. The Labute approximate surface area is 204 Å². The lowest BCUT2D eigenvalue weighted by atomic mass is 9.75. The van der Waals surface area contributed by atoms with Gasteiger partial charge in [-0.1, -0.05) is 13.8 Å². The highest BCUT2D eigenvalue weighted by atomic mass is 16.5. The average Bonchev–Trinajstić information content (AvgIpc) is 3.38. The fourth-order valence-electron chi connectivity index (χ4n) is 4.66.